The average Bonchev–Trinajstić information content (AvgIpc) is 2.70. The summed E-state index contributed by atoms with van der Waals surface area (Å²) in [4.78, 5) is 0. The van der Waals surface area contributed by atoms with E-state index in [-0.39, 0.29) is 11.2 Å². The fourth-order valence-electron chi connectivity index (χ4n) is 1.33. The van der Waals surface area contributed by atoms with Crippen LogP contribution in [-0.4, -0.2) is 10.2 Å². The van der Waals surface area contributed by atoms with Crippen LogP contribution in [0.4, 0.5) is 4.39 Å². The molecule has 0 amide bonds. The molecular weight excluding hydrogens is 247 g/mol. The van der Waals surface area contributed by atoms with E-state index in [9.17, 15) is 4.39 Å². The zero-order valence-electron chi connectivity index (χ0n) is 8.87. The van der Waals surface area contributed by atoms with Crippen molar-refractivity contribution < 1.29 is 4.39 Å². The second-order valence-corrected chi connectivity index (χ2v) is 5.18. The zero-order valence-corrected chi connectivity index (χ0v) is 10.4. The number of rotatable bonds is 2. The SMILES string of the molecule is Cc1ccc(F)cc1-c1nnc(C(C)Cl)s1. The van der Waals surface area contributed by atoms with Gasteiger partial charge in [0, 0.05) is 5.56 Å². The molecule has 5 heteroatoms. The van der Waals surface area contributed by atoms with Crippen molar-refractivity contribution in [2.45, 2.75) is 19.2 Å². The largest absolute Gasteiger partial charge is 0.207 e. The topological polar surface area (TPSA) is 25.8 Å². The molecule has 0 aliphatic carbocycles. The quantitative estimate of drug-likeness (QED) is 0.761. The number of alkyl halides is 1. The summed E-state index contributed by atoms with van der Waals surface area (Å²) in [5.74, 6) is -0.267. The Bertz CT molecular complexity index is 510. The number of hydrogen-bond donors (Lipinski definition) is 0. The first-order chi connectivity index (χ1) is 7.58. The first-order valence-corrected chi connectivity index (χ1v) is 6.07. The van der Waals surface area contributed by atoms with Crippen LogP contribution in [0.15, 0.2) is 18.2 Å². The number of aromatic nitrogens is 2. The molecule has 0 aliphatic heterocycles. The molecule has 84 valence electrons. The molecule has 16 heavy (non-hydrogen) atoms. The molecule has 0 fully saturated rings. The second kappa shape index (κ2) is 4.47. The van der Waals surface area contributed by atoms with Gasteiger partial charge in [0.1, 0.15) is 15.8 Å². The van der Waals surface area contributed by atoms with Gasteiger partial charge in [-0.25, -0.2) is 4.39 Å². The fraction of sp³-hybridized carbons (Fsp3) is 0.273. The Hall–Kier alpha value is -1.00. The summed E-state index contributed by atoms with van der Waals surface area (Å²) in [6, 6.07) is 4.64. The molecule has 0 spiro atoms. The maximum Gasteiger partial charge on any atom is 0.148 e. The predicted molar refractivity (Wildman–Crippen MR) is 64.3 cm³/mol. The Morgan fingerprint density at radius 1 is 1.38 bits per heavy atom. The van der Waals surface area contributed by atoms with E-state index in [1.54, 1.807) is 6.07 Å². The van der Waals surface area contributed by atoms with Crippen LogP contribution < -0.4 is 0 Å². The highest BCUT2D eigenvalue weighted by atomic mass is 35.5. The Kier molecular flexibility index (Phi) is 3.21. The van der Waals surface area contributed by atoms with Gasteiger partial charge in [-0.2, -0.15) is 0 Å². The predicted octanol–water partition coefficient (Wildman–Crippen LogP) is 3.95. The van der Waals surface area contributed by atoms with Crippen molar-refractivity contribution in [3.8, 4) is 10.6 Å². The number of aryl methyl sites for hydroxylation is 1. The Balaban J connectivity index is 2.46. The average molecular weight is 257 g/mol. The summed E-state index contributed by atoms with van der Waals surface area (Å²) in [7, 11) is 0. The lowest BCUT2D eigenvalue weighted by Crippen LogP contribution is -1.84. The normalized spacial score (nSPS) is 12.8. The smallest absolute Gasteiger partial charge is 0.148 e. The maximum atomic E-state index is 13.1. The fourth-order valence-corrected chi connectivity index (χ4v) is 2.36. The van der Waals surface area contributed by atoms with Crippen LogP contribution >= 0.6 is 22.9 Å². The molecule has 0 bridgehead atoms. The molecule has 1 heterocycles. The molecule has 1 aromatic heterocycles. The third-order valence-corrected chi connectivity index (χ3v) is 3.69. The summed E-state index contributed by atoms with van der Waals surface area (Å²) >= 11 is 7.30. The summed E-state index contributed by atoms with van der Waals surface area (Å²) < 4.78 is 13.1. The lowest BCUT2D eigenvalue weighted by molar-refractivity contribution is 0.628. The van der Waals surface area contributed by atoms with Gasteiger partial charge >= 0.3 is 0 Å². The molecule has 0 aliphatic rings. The molecule has 0 radical (unpaired) electrons. The van der Waals surface area contributed by atoms with E-state index in [2.05, 4.69) is 10.2 Å². The third kappa shape index (κ3) is 2.23. The van der Waals surface area contributed by atoms with Crippen molar-refractivity contribution in [3.63, 3.8) is 0 Å². The summed E-state index contributed by atoms with van der Waals surface area (Å²) in [5.41, 5.74) is 1.76. The summed E-state index contributed by atoms with van der Waals surface area (Å²) in [5, 5.41) is 9.30. The number of nitrogens with zero attached hydrogens (tertiary/aromatic N) is 2. The molecule has 1 unspecified atom stereocenters. The lowest BCUT2D eigenvalue weighted by Gasteiger charge is -2.00. The Labute approximate surface area is 102 Å². The van der Waals surface area contributed by atoms with E-state index in [1.165, 1.54) is 23.5 Å². The van der Waals surface area contributed by atoms with E-state index in [4.69, 9.17) is 11.6 Å². The van der Waals surface area contributed by atoms with Gasteiger partial charge in [-0.3, -0.25) is 0 Å². The highest BCUT2D eigenvalue weighted by molar-refractivity contribution is 7.15. The van der Waals surface area contributed by atoms with Gasteiger partial charge in [-0.15, -0.1) is 21.8 Å². The van der Waals surface area contributed by atoms with Gasteiger partial charge in [-0.1, -0.05) is 17.4 Å². The van der Waals surface area contributed by atoms with Crippen molar-refractivity contribution in [2.75, 3.05) is 0 Å². The minimum Gasteiger partial charge on any atom is -0.207 e. The molecule has 1 aromatic carbocycles. The molecule has 1 atom stereocenters. The number of hydrogen-bond acceptors (Lipinski definition) is 3. The molecule has 2 rings (SSSR count). The van der Waals surface area contributed by atoms with Crippen LogP contribution in [0.2, 0.25) is 0 Å². The Morgan fingerprint density at radius 2 is 2.12 bits per heavy atom. The lowest BCUT2D eigenvalue weighted by atomic mass is 10.1. The highest BCUT2D eigenvalue weighted by Crippen LogP contribution is 2.31. The molecule has 0 saturated carbocycles. The second-order valence-electron chi connectivity index (χ2n) is 3.52. The summed E-state index contributed by atoms with van der Waals surface area (Å²) in [6.07, 6.45) is 0. The van der Waals surface area contributed by atoms with E-state index in [0.29, 0.717) is 5.01 Å². The van der Waals surface area contributed by atoms with Crippen molar-refractivity contribution >= 4 is 22.9 Å². The van der Waals surface area contributed by atoms with Gasteiger partial charge in [0.05, 0.1) is 5.38 Å². The number of benzene rings is 1. The highest BCUT2D eigenvalue weighted by Gasteiger charge is 2.12. The van der Waals surface area contributed by atoms with Gasteiger partial charge in [-0.05, 0) is 31.5 Å². The van der Waals surface area contributed by atoms with Gasteiger partial charge in [0.2, 0.25) is 0 Å². The van der Waals surface area contributed by atoms with Gasteiger partial charge in [0.15, 0.2) is 0 Å². The van der Waals surface area contributed by atoms with Crippen molar-refractivity contribution in [1.82, 2.24) is 10.2 Å². The zero-order chi connectivity index (χ0) is 11.7. The van der Waals surface area contributed by atoms with Gasteiger partial charge < -0.3 is 0 Å². The van der Waals surface area contributed by atoms with E-state index < -0.39 is 0 Å². The first-order valence-electron chi connectivity index (χ1n) is 4.82. The van der Waals surface area contributed by atoms with E-state index in [0.717, 1.165) is 16.1 Å². The van der Waals surface area contributed by atoms with Crippen molar-refractivity contribution in [3.05, 3.63) is 34.6 Å². The van der Waals surface area contributed by atoms with Gasteiger partial charge in [0.25, 0.3) is 0 Å². The molecule has 0 saturated heterocycles. The van der Waals surface area contributed by atoms with Crippen LogP contribution in [0.3, 0.4) is 0 Å². The minimum absolute atomic E-state index is 0.167. The third-order valence-electron chi connectivity index (χ3n) is 2.21. The van der Waals surface area contributed by atoms with Crippen LogP contribution in [0.1, 0.15) is 22.9 Å². The Morgan fingerprint density at radius 3 is 2.75 bits per heavy atom. The molecular formula is C11H10ClFN2S. The van der Waals surface area contributed by atoms with Crippen LogP contribution in [0.5, 0.6) is 0 Å². The molecule has 2 aromatic rings. The van der Waals surface area contributed by atoms with Crippen molar-refractivity contribution in [2.24, 2.45) is 0 Å². The monoisotopic (exact) mass is 256 g/mol. The minimum atomic E-state index is -0.267. The van der Waals surface area contributed by atoms with Crippen LogP contribution in [0, 0.1) is 12.7 Å². The molecule has 2 nitrogen and oxygen atoms in total. The van der Waals surface area contributed by atoms with Crippen LogP contribution in [0.25, 0.3) is 10.6 Å². The van der Waals surface area contributed by atoms with Crippen LogP contribution in [-0.2, 0) is 0 Å². The van der Waals surface area contributed by atoms with E-state index in [1.807, 2.05) is 13.8 Å². The van der Waals surface area contributed by atoms with Crippen molar-refractivity contribution in [1.29, 1.82) is 0 Å². The first kappa shape index (κ1) is 11.5. The maximum absolute atomic E-state index is 13.1. The standard InChI is InChI=1S/C11H10ClFN2S/c1-6-3-4-8(13)5-9(6)11-15-14-10(16-11)7(2)12/h3-5,7H,1-2H3. The van der Waals surface area contributed by atoms with E-state index >= 15 is 0 Å². The number of halogens is 2. The summed E-state index contributed by atoms with van der Waals surface area (Å²) in [6.45, 7) is 3.75. The molecule has 0 N–H and O–H groups in total.